The predicted octanol–water partition coefficient (Wildman–Crippen LogP) is 3.31. The molecular formula is C16H19FN2O. The first-order valence-corrected chi connectivity index (χ1v) is 7.10. The maximum Gasteiger partial charge on any atom is 0.240 e. The zero-order valence-corrected chi connectivity index (χ0v) is 11.5. The third kappa shape index (κ3) is 3.36. The minimum Gasteiger partial charge on any atom is -0.351 e. The fourth-order valence-corrected chi connectivity index (χ4v) is 2.72. The van der Waals surface area contributed by atoms with Gasteiger partial charge in [-0.05, 0) is 30.5 Å². The van der Waals surface area contributed by atoms with Gasteiger partial charge in [-0.2, -0.15) is 5.26 Å². The Kier molecular flexibility index (Phi) is 4.73. The van der Waals surface area contributed by atoms with Crippen LogP contribution in [0, 0.1) is 22.6 Å². The molecule has 1 aromatic rings. The first-order chi connectivity index (χ1) is 9.66. The summed E-state index contributed by atoms with van der Waals surface area (Å²) in [7, 11) is 0. The average Bonchev–Trinajstić information content (AvgIpc) is 2.71. The maximum atomic E-state index is 13.1. The Morgan fingerprint density at radius 3 is 2.60 bits per heavy atom. The Bertz CT molecular complexity index is 513. The van der Waals surface area contributed by atoms with Gasteiger partial charge in [0.1, 0.15) is 11.2 Å². The molecule has 1 fully saturated rings. The Labute approximate surface area is 118 Å². The molecule has 0 heterocycles. The van der Waals surface area contributed by atoms with E-state index in [2.05, 4.69) is 11.4 Å². The van der Waals surface area contributed by atoms with Gasteiger partial charge < -0.3 is 5.32 Å². The number of carbonyl (C=O) groups excluding carboxylic acids is 1. The molecule has 1 amide bonds. The molecule has 1 aliphatic rings. The second-order valence-corrected chi connectivity index (χ2v) is 5.42. The van der Waals surface area contributed by atoms with E-state index >= 15 is 0 Å². The highest BCUT2D eigenvalue weighted by molar-refractivity contribution is 5.85. The average molecular weight is 274 g/mol. The molecule has 4 heteroatoms. The van der Waals surface area contributed by atoms with Gasteiger partial charge in [-0.3, -0.25) is 4.79 Å². The van der Waals surface area contributed by atoms with Gasteiger partial charge in [-0.15, -0.1) is 0 Å². The number of amides is 1. The van der Waals surface area contributed by atoms with Crippen molar-refractivity contribution >= 4 is 5.91 Å². The highest BCUT2D eigenvalue weighted by Gasteiger charge is 2.38. The minimum atomic E-state index is -0.899. The summed E-state index contributed by atoms with van der Waals surface area (Å²) < 4.78 is 13.1. The van der Waals surface area contributed by atoms with Crippen molar-refractivity contribution in [3.05, 3.63) is 35.6 Å². The number of rotatable bonds is 3. The van der Waals surface area contributed by atoms with Gasteiger partial charge in [0, 0.05) is 6.54 Å². The lowest BCUT2D eigenvalue weighted by Gasteiger charge is -2.23. The molecule has 0 radical (unpaired) electrons. The normalized spacial score (nSPS) is 17.8. The Balaban J connectivity index is 2.01. The van der Waals surface area contributed by atoms with Crippen LogP contribution in [0.4, 0.5) is 4.39 Å². The highest BCUT2D eigenvalue weighted by atomic mass is 19.1. The quantitative estimate of drug-likeness (QED) is 0.860. The molecule has 1 saturated carbocycles. The van der Waals surface area contributed by atoms with E-state index in [1.54, 1.807) is 12.1 Å². The van der Waals surface area contributed by atoms with Crippen LogP contribution < -0.4 is 5.32 Å². The Morgan fingerprint density at radius 2 is 2.00 bits per heavy atom. The van der Waals surface area contributed by atoms with Crippen molar-refractivity contribution in [3.63, 3.8) is 0 Å². The molecule has 0 bridgehead atoms. The molecule has 1 aliphatic carbocycles. The van der Waals surface area contributed by atoms with Crippen LogP contribution in [0.1, 0.15) is 44.1 Å². The number of nitrogens with zero attached hydrogens (tertiary/aromatic N) is 1. The SMILES string of the molecule is N#CC1(C(=O)NCc2cccc(F)c2)CCCCCC1. The summed E-state index contributed by atoms with van der Waals surface area (Å²) in [4.78, 5) is 12.3. The van der Waals surface area contributed by atoms with Crippen LogP contribution in [-0.2, 0) is 11.3 Å². The minimum absolute atomic E-state index is 0.217. The van der Waals surface area contributed by atoms with Gasteiger partial charge in [-0.25, -0.2) is 4.39 Å². The zero-order valence-electron chi connectivity index (χ0n) is 11.5. The van der Waals surface area contributed by atoms with E-state index in [9.17, 15) is 14.4 Å². The Hall–Kier alpha value is -1.89. The first-order valence-electron chi connectivity index (χ1n) is 7.10. The number of nitrogens with one attached hydrogen (secondary N) is 1. The van der Waals surface area contributed by atoms with Gasteiger partial charge >= 0.3 is 0 Å². The van der Waals surface area contributed by atoms with Crippen molar-refractivity contribution in [3.8, 4) is 6.07 Å². The molecule has 1 N–H and O–H groups in total. The van der Waals surface area contributed by atoms with Crippen molar-refractivity contribution in [1.29, 1.82) is 5.26 Å². The Morgan fingerprint density at radius 1 is 1.30 bits per heavy atom. The van der Waals surface area contributed by atoms with Gasteiger partial charge in [0.25, 0.3) is 0 Å². The standard InChI is InChI=1S/C16H19FN2O/c17-14-7-5-6-13(10-14)11-19-15(20)16(12-18)8-3-1-2-4-9-16/h5-7,10H,1-4,8-9,11H2,(H,19,20). The van der Waals surface area contributed by atoms with Gasteiger partial charge in [0.15, 0.2) is 0 Å². The van der Waals surface area contributed by atoms with Crippen LogP contribution in [0.5, 0.6) is 0 Å². The van der Waals surface area contributed by atoms with E-state index in [1.807, 2.05) is 0 Å². The number of carbonyl (C=O) groups is 1. The van der Waals surface area contributed by atoms with Gasteiger partial charge in [0.05, 0.1) is 6.07 Å². The molecule has 0 saturated heterocycles. The molecule has 106 valence electrons. The summed E-state index contributed by atoms with van der Waals surface area (Å²) >= 11 is 0. The number of hydrogen-bond donors (Lipinski definition) is 1. The van der Waals surface area contributed by atoms with Crippen molar-refractivity contribution < 1.29 is 9.18 Å². The van der Waals surface area contributed by atoms with Gasteiger partial charge in [0.2, 0.25) is 5.91 Å². The second kappa shape index (κ2) is 6.51. The first kappa shape index (κ1) is 14.5. The summed E-state index contributed by atoms with van der Waals surface area (Å²) in [6, 6.07) is 8.36. The van der Waals surface area contributed by atoms with E-state index in [1.165, 1.54) is 12.1 Å². The number of benzene rings is 1. The molecular weight excluding hydrogens is 255 g/mol. The van der Waals surface area contributed by atoms with Crippen LogP contribution in [-0.4, -0.2) is 5.91 Å². The third-order valence-electron chi connectivity index (χ3n) is 3.95. The summed E-state index contributed by atoms with van der Waals surface area (Å²) in [5.41, 5.74) is -0.191. The van der Waals surface area contributed by atoms with E-state index in [0.717, 1.165) is 25.7 Å². The fraction of sp³-hybridized carbons (Fsp3) is 0.500. The second-order valence-electron chi connectivity index (χ2n) is 5.42. The highest BCUT2D eigenvalue weighted by Crippen LogP contribution is 2.34. The molecule has 0 unspecified atom stereocenters. The molecule has 2 rings (SSSR count). The third-order valence-corrected chi connectivity index (χ3v) is 3.95. The fourth-order valence-electron chi connectivity index (χ4n) is 2.72. The van der Waals surface area contributed by atoms with Crippen LogP contribution in [0.2, 0.25) is 0 Å². The molecule has 20 heavy (non-hydrogen) atoms. The maximum absolute atomic E-state index is 13.1. The lowest BCUT2D eigenvalue weighted by Crippen LogP contribution is -2.39. The summed E-state index contributed by atoms with van der Waals surface area (Å²) in [6.45, 7) is 0.264. The molecule has 3 nitrogen and oxygen atoms in total. The predicted molar refractivity (Wildman–Crippen MR) is 74.0 cm³/mol. The van der Waals surface area contributed by atoms with Crippen LogP contribution in [0.25, 0.3) is 0 Å². The lowest BCUT2D eigenvalue weighted by molar-refractivity contribution is -0.129. The summed E-state index contributed by atoms with van der Waals surface area (Å²) in [5, 5.41) is 12.2. The monoisotopic (exact) mass is 274 g/mol. The molecule has 0 atom stereocenters. The smallest absolute Gasteiger partial charge is 0.240 e. The van der Waals surface area contributed by atoms with Crippen LogP contribution in [0.3, 0.4) is 0 Å². The molecule has 0 spiro atoms. The molecule has 0 aliphatic heterocycles. The van der Waals surface area contributed by atoms with Crippen LogP contribution >= 0.6 is 0 Å². The van der Waals surface area contributed by atoms with Gasteiger partial charge in [-0.1, -0.05) is 37.8 Å². The van der Waals surface area contributed by atoms with E-state index in [0.29, 0.717) is 18.4 Å². The number of hydrogen-bond acceptors (Lipinski definition) is 2. The van der Waals surface area contributed by atoms with Crippen molar-refractivity contribution in [1.82, 2.24) is 5.32 Å². The number of halogens is 1. The van der Waals surface area contributed by atoms with Crippen molar-refractivity contribution in [2.75, 3.05) is 0 Å². The molecule has 0 aromatic heterocycles. The van der Waals surface area contributed by atoms with Crippen molar-refractivity contribution in [2.45, 2.75) is 45.1 Å². The van der Waals surface area contributed by atoms with E-state index in [-0.39, 0.29) is 18.3 Å². The van der Waals surface area contributed by atoms with E-state index in [4.69, 9.17) is 0 Å². The number of nitriles is 1. The topological polar surface area (TPSA) is 52.9 Å². The van der Waals surface area contributed by atoms with E-state index < -0.39 is 5.41 Å². The van der Waals surface area contributed by atoms with Crippen molar-refractivity contribution in [2.24, 2.45) is 5.41 Å². The van der Waals surface area contributed by atoms with Crippen LogP contribution in [0.15, 0.2) is 24.3 Å². The largest absolute Gasteiger partial charge is 0.351 e. The summed E-state index contributed by atoms with van der Waals surface area (Å²) in [5.74, 6) is -0.535. The summed E-state index contributed by atoms with van der Waals surface area (Å²) in [6.07, 6.45) is 5.25. The zero-order chi connectivity index (χ0) is 14.4. The lowest BCUT2D eigenvalue weighted by atomic mass is 9.81. The molecule has 1 aromatic carbocycles.